The second kappa shape index (κ2) is 2.64. The van der Waals surface area contributed by atoms with Crippen LogP contribution in [0, 0.1) is 6.42 Å². The lowest BCUT2D eigenvalue weighted by molar-refractivity contribution is 0.318. The summed E-state index contributed by atoms with van der Waals surface area (Å²) in [5, 5.41) is 0. The Morgan fingerprint density at radius 1 is 1.00 bits per heavy atom. The van der Waals surface area contributed by atoms with Gasteiger partial charge in [-0.2, -0.15) is 0 Å². The van der Waals surface area contributed by atoms with Crippen LogP contribution in [-0.4, -0.2) is 6.17 Å². The van der Waals surface area contributed by atoms with Crippen LogP contribution in [0.25, 0.3) is 0 Å². The van der Waals surface area contributed by atoms with E-state index in [1.807, 2.05) is 0 Å². The van der Waals surface area contributed by atoms with Crippen LogP contribution in [0.5, 0.6) is 0 Å². The number of rotatable bonds is 0. The van der Waals surface area contributed by atoms with E-state index >= 15 is 0 Å². The fourth-order valence-corrected chi connectivity index (χ4v) is 0.606. The average molecular weight is 169 g/mol. The molecule has 0 bridgehead atoms. The summed E-state index contributed by atoms with van der Waals surface area (Å²) >= 11 is 0. The van der Waals surface area contributed by atoms with Gasteiger partial charge < -0.3 is 0 Å². The van der Waals surface area contributed by atoms with Crippen LogP contribution >= 0.6 is 0 Å². The van der Waals surface area contributed by atoms with Gasteiger partial charge in [0.05, 0.1) is 6.42 Å². The van der Waals surface area contributed by atoms with Crippen molar-refractivity contribution in [1.29, 1.82) is 0 Å². The van der Waals surface area contributed by atoms with E-state index in [-0.39, 0.29) is 6.42 Å². The predicted octanol–water partition coefficient (Wildman–Crippen LogP) is 2.84. The Morgan fingerprint density at radius 2 is 1.55 bits per heavy atom. The standard InChI is InChI=1S/C6H2F5/c7-2-1-3(8)5(10)6(11)4(2)9/h1-2H. The third-order valence-corrected chi connectivity index (χ3v) is 1.15. The van der Waals surface area contributed by atoms with Crippen LogP contribution in [0.1, 0.15) is 0 Å². The second-order valence-corrected chi connectivity index (χ2v) is 1.89. The Labute approximate surface area is 59.0 Å². The smallest absolute Gasteiger partial charge is 0.195 e. The molecule has 11 heavy (non-hydrogen) atoms. The van der Waals surface area contributed by atoms with Gasteiger partial charge in [0, 0.05) is 0 Å². The lowest BCUT2D eigenvalue weighted by atomic mass is 10.1. The van der Waals surface area contributed by atoms with Crippen molar-refractivity contribution in [2.24, 2.45) is 0 Å². The summed E-state index contributed by atoms with van der Waals surface area (Å²) in [6, 6.07) is 0. The lowest BCUT2D eigenvalue weighted by Crippen LogP contribution is -2.10. The molecule has 0 heterocycles. The molecule has 1 radical (unpaired) electrons. The second-order valence-electron chi connectivity index (χ2n) is 1.89. The number of hydrogen-bond donors (Lipinski definition) is 0. The van der Waals surface area contributed by atoms with Gasteiger partial charge >= 0.3 is 0 Å². The number of hydrogen-bond acceptors (Lipinski definition) is 0. The van der Waals surface area contributed by atoms with Crippen molar-refractivity contribution >= 4 is 0 Å². The van der Waals surface area contributed by atoms with Crippen molar-refractivity contribution in [3.63, 3.8) is 0 Å². The molecule has 0 fully saturated rings. The summed E-state index contributed by atoms with van der Waals surface area (Å²) in [5.41, 5.74) is 0. The van der Waals surface area contributed by atoms with E-state index in [1.165, 1.54) is 0 Å². The number of alkyl halides is 1. The average Bonchev–Trinajstić information content (AvgIpc) is 1.97. The monoisotopic (exact) mass is 169 g/mol. The normalized spacial score (nSPS) is 26.5. The highest BCUT2D eigenvalue weighted by Crippen LogP contribution is 2.34. The maximum absolute atomic E-state index is 12.1. The number of halogens is 5. The van der Waals surface area contributed by atoms with E-state index in [9.17, 15) is 22.0 Å². The third kappa shape index (κ3) is 1.27. The van der Waals surface area contributed by atoms with Gasteiger partial charge in [-0.3, -0.25) is 0 Å². The van der Waals surface area contributed by atoms with Gasteiger partial charge in [-0.25, -0.2) is 22.0 Å². The van der Waals surface area contributed by atoms with Crippen molar-refractivity contribution in [2.75, 3.05) is 0 Å². The van der Waals surface area contributed by atoms with Crippen molar-refractivity contribution in [3.05, 3.63) is 29.7 Å². The van der Waals surface area contributed by atoms with E-state index in [2.05, 4.69) is 0 Å². The molecular formula is C6H2F5. The Bertz CT molecular complexity index is 239. The van der Waals surface area contributed by atoms with Crippen LogP contribution in [-0.2, 0) is 0 Å². The molecule has 1 atom stereocenters. The highest BCUT2D eigenvalue weighted by atomic mass is 19.2. The molecular weight excluding hydrogens is 167 g/mol. The minimum Gasteiger partial charge on any atom is -0.239 e. The first-order valence-corrected chi connectivity index (χ1v) is 2.63. The molecule has 1 aliphatic rings. The summed E-state index contributed by atoms with van der Waals surface area (Å²) in [5.74, 6) is -7.73. The van der Waals surface area contributed by atoms with Crippen molar-refractivity contribution in [1.82, 2.24) is 0 Å². The van der Waals surface area contributed by atoms with Crippen molar-refractivity contribution in [2.45, 2.75) is 6.17 Å². The molecule has 1 unspecified atom stereocenters. The Morgan fingerprint density at radius 3 is 2.09 bits per heavy atom. The van der Waals surface area contributed by atoms with Crippen molar-refractivity contribution in [3.8, 4) is 0 Å². The summed E-state index contributed by atoms with van der Waals surface area (Å²) in [7, 11) is 0. The van der Waals surface area contributed by atoms with Crippen LogP contribution < -0.4 is 0 Å². The van der Waals surface area contributed by atoms with Crippen LogP contribution in [0.3, 0.4) is 0 Å². The molecule has 5 heteroatoms. The Balaban J connectivity index is 3.07. The van der Waals surface area contributed by atoms with E-state index < -0.39 is 29.5 Å². The zero-order chi connectivity index (χ0) is 8.59. The molecule has 0 saturated heterocycles. The molecule has 61 valence electrons. The van der Waals surface area contributed by atoms with E-state index in [0.29, 0.717) is 0 Å². The molecule has 0 N–H and O–H groups in total. The van der Waals surface area contributed by atoms with Gasteiger partial charge in [0.25, 0.3) is 0 Å². The third-order valence-electron chi connectivity index (χ3n) is 1.15. The maximum Gasteiger partial charge on any atom is 0.195 e. The van der Waals surface area contributed by atoms with Gasteiger partial charge in [0.1, 0.15) is 5.83 Å². The molecule has 0 aromatic carbocycles. The molecule has 0 nitrogen and oxygen atoms in total. The van der Waals surface area contributed by atoms with Gasteiger partial charge in [-0.15, -0.1) is 0 Å². The molecule has 0 aliphatic heterocycles. The minimum atomic E-state index is -2.52. The quantitative estimate of drug-likeness (QED) is 0.489. The minimum absolute atomic E-state index is 0.0216. The van der Waals surface area contributed by atoms with Gasteiger partial charge in [-0.1, -0.05) is 0 Å². The predicted molar refractivity (Wildman–Crippen MR) is 27.7 cm³/mol. The van der Waals surface area contributed by atoms with Gasteiger partial charge in [0.15, 0.2) is 23.7 Å². The SMILES string of the molecule is FC1=C(F)C(F)=C(F)C(F)[CH]1. The molecule has 0 aromatic heterocycles. The van der Waals surface area contributed by atoms with Gasteiger partial charge in [0.2, 0.25) is 0 Å². The fraction of sp³-hybridized carbons (Fsp3) is 0.167. The first-order valence-electron chi connectivity index (χ1n) is 2.63. The molecule has 0 aromatic rings. The molecule has 0 spiro atoms. The zero-order valence-corrected chi connectivity index (χ0v) is 5.04. The highest BCUT2D eigenvalue weighted by Gasteiger charge is 2.31. The maximum atomic E-state index is 12.1. The van der Waals surface area contributed by atoms with Crippen LogP contribution in [0.2, 0.25) is 0 Å². The van der Waals surface area contributed by atoms with Crippen LogP contribution in [0.15, 0.2) is 23.3 Å². The number of allylic oxidation sites excluding steroid dienone is 4. The van der Waals surface area contributed by atoms with E-state index in [0.717, 1.165) is 0 Å². The van der Waals surface area contributed by atoms with Gasteiger partial charge in [-0.05, 0) is 0 Å². The Kier molecular flexibility index (Phi) is 1.97. The first kappa shape index (κ1) is 8.23. The molecule has 1 rings (SSSR count). The van der Waals surface area contributed by atoms with E-state index in [1.54, 1.807) is 0 Å². The lowest BCUT2D eigenvalue weighted by Gasteiger charge is -2.10. The van der Waals surface area contributed by atoms with E-state index in [4.69, 9.17) is 0 Å². The van der Waals surface area contributed by atoms with Crippen LogP contribution in [0.4, 0.5) is 22.0 Å². The Hall–Kier alpha value is -0.870. The first-order chi connectivity index (χ1) is 5.04. The molecule has 0 saturated carbocycles. The highest BCUT2D eigenvalue weighted by molar-refractivity contribution is 5.37. The zero-order valence-electron chi connectivity index (χ0n) is 5.04. The summed E-state index contributed by atoms with van der Waals surface area (Å²) in [6.07, 6.45) is -2.50. The topological polar surface area (TPSA) is 0 Å². The summed E-state index contributed by atoms with van der Waals surface area (Å²) < 4.78 is 60.2. The van der Waals surface area contributed by atoms with Crippen molar-refractivity contribution < 1.29 is 22.0 Å². The molecule has 1 aliphatic carbocycles. The summed E-state index contributed by atoms with van der Waals surface area (Å²) in [6.45, 7) is 0. The largest absolute Gasteiger partial charge is 0.239 e. The summed E-state index contributed by atoms with van der Waals surface area (Å²) in [4.78, 5) is 0. The molecule has 0 amide bonds. The fourth-order valence-electron chi connectivity index (χ4n) is 0.606.